The van der Waals surface area contributed by atoms with Gasteiger partial charge in [-0.1, -0.05) is 0 Å². The van der Waals surface area contributed by atoms with Gasteiger partial charge in [0, 0.05) is 15.6 Å². The topological polar surface area (TPSA) is 17.1 Å². The molecule has 1 aromatic heterocycles. The van der Waals surface area contributed by atoms with Crippen molar-refractivity contribution in [1.29, 1.82) is 0 Å². The second kappa shape index (κ2) is 3.38. The molecule has 0 aliphatic carbocycles. The second-order valence-electron chi connectivity index (χ2n) is 2.93. The number of carbonyl (C=O) groups excluding carboxylic acids is 1. The van der Waals surface area contributed by atoms with Crippen molar-refractivity contribution >= 4 is 50.3 Å². The first-order valence-electron chi connectivity index (χ1n) is 3.85. The Morgan fingerprint density at radius 3 is 2.85 bits per heavy atom. The minimum absolute atomic E-state index is 0.800. The summed E-state index contributed by atoms with van der Waals surface area (Å²) in [6.45, 7) is 2.01. The molecule has 0 saturated carbocycles. The van der Waals surface area contributed by atoms with E-state index in [1.165, 1.54) is 7.58 Å². The molecule has 2 rings (SSSR count). The average molecular weight is 302 g/mol. The molecule has 66 valence electrons. The number of aldehydes is 1. The van der Waals surface area contributed by atoms with Crippen LogP contribution in [0.25, 0.3) is 10.1 Å². The van der Waals surface area contributed by atoms with Crippen molar-refractivity contribution in [3.8, 4) is 0 Å². The Bertz CT molecular complexity index is 473. The first kappa shape index (κ1) is 9.15. The van der Waals surface area contributed by atoms with Crippen molar-refractivity contribution in [3.05, 3.63) is 32.2 Å². The van der Waals surface area contributed by atoms with Gasteiger partial charge in [0.1, 0.15) is 0 Å². The van der Waals surface area contributed by atoms with Gasteiger partial charge in [-0.15, -0.1) is 11.3 Å². The molecule has 0 unspecified atom stereocenters. The van der Waals surface area contributed by atoms with Crippen LogP contribution in [0.1, 0.15) is 15.9 Å². The normalized spacial score (nSPS) is 10.6. The maximum atomic E-state index is 10.8. The highest BCUT2D eigenvalue weighted by atomic mass is 127. The van der Waals surface area contributed by atoms with Crippen molar-refractivity contribution in [2.75, 3.05) is 0 Å². The lowest BCUT2D eigenvalue weighted by Gasteiger charge is -1.96. The molecule has 0 bridgehead atoms. The van der Waals surface area contributed by atoms with Crippen molar-refractivity contribution < 1.29 is 4.79 Å². The molecule has 1 nitrogen and oxygen atoms in total. The highest BCUT2D eigenvalue weighted by Gasteiger charge is 2.04. The first-order chi connectivity index (χ1) is 6.20. The molecule has 0 N–H and O–H groups in total. The van der Waals surface area contributed by atoms with Gasteiger partial charge in [0.15, 0.2) is 6.29 Å². The molecule has 0 aliphatic heterocycles. The van der Waals surface area contributed by atoms with Gasteiger partial charge in [0.05, 0.1) is 2.88 Å². The molecule has 0 saturated heterocycles. The minimum Gasteiger partial charge on any atom is -0.298 e. The summed E-state index contributed by atoms with van der Waals surface area (Å²) in [5.41, 5.74) is 1.95. The van der Waals surface area contributed by atoms with E-state index in [2.05, 4.69) is 34.7 Å². The minimum atomic E-state index is 0.800. The van der Waals surface area contributed by atoms with Gasteiger partial charge in [0.25, 0.3) is 0 Å². The SMILES string of the molecule is Cc1cc(C=O)c2cc(I)sc2c1. The fourth-order valence-corrected chi connectivity index (χ4v) is 3.32. The van der Waals surface area contributed by atoms with Crippen LogP contribution in [0.2, 0.25) is 0 Å². The van der Waals surface area contributed by atoms with Crippen LogP contribution >= 0.6 is 33.9 Å². The maximum absolute atomic E-state index is 10.8. The summed E-state index contributed by atoms with van der Waals surface area (Å²) in [4.78, 5) is 10.8. The van der Waals surface area contributed by atoms with E-state index in [1.54, 1.807) is 11.3 Å². The van der Waals surface area contributed by atoms with E-state index in [0.29, 0.717) is 0 Å². The van der Waals surface area contributed by atoms with E-state index >= 15 is 0 Å². The van der Waals surface area contributed by atoms with Crippen LogP contribution in [0.3, 0.4) is 0 Å². The fourth-order valence-electron chi connectivity index (χ4n) is 1.38. The van der Waals surface area contributed by atoms with Gasteiger partial charge in [0.2, 0.25) is 0 Å². The van der Waals surface area contributed by atoms with Crippen molar-refractivity contribution in [3.63, 3.8) is 0 Å². The Hall–Kier alpha value is -0.420. The molecule has 1 aromatic carbocycles. The Morgan fingerprint density at radius 1 is 1.38 bits per heavy atom. The zero-order chi connectivity index (χ0) is 9.42. The van der Waals surface area contributed by atoms with Gasteiger partial charge in [-0.2, -0.15) is 0 Å². The second-order valence-corrected chi connectivity index (χ2v) is 5.91. The summed E-state index contributed by atoms with van der Waals surface area (Å²) in [6, 6.07) is 6.11. The predicted molar refractivity (Wildman–Crippen MR) is 64.7 cm³/mol. The average Bonchev–Trinajstić information content (AvgIpc) is 2.43. The summed E-state index contributed by atoms with van der Waals surface area (Å²) in [6.07, 6.45) is 0.929. The Balaban J connectivity index is 2.88. The lowest BCUT2D eigenvalue weighted by atomic mass is 10.1. The number of thiophene rings is 1. The van der Waals surface area contributed by atoms with E-state index in [9.17, 15) is 4.79 Å². The Morgan fingerprint density at radius 2 is 2.15 bits per heavy atom. The van der Waals surface area contributed by atoms with Crippen LogP contribution in [0.15, 0.2) is 18.2 Å². The first-order valence-corrected chi connectivity index (χ1v) is 5.75. The lowest BCUT2D eigenvalue weighted by molar-refractivity contribution is 0.112. The summed E-state index contributed by atoms with van der Waals surface area (Å²) in [5.74, 6) is 0. The fraction of sp³-hybridized carbons (Fsp3) is 0.100. The Labute approximate surface area is 93.9 Å². The number of fused-ring (bicyclic) bond motifs is 1. The van der Waals surface area contributed by atoms with Crippen LogP contribution in [-0.2, 0) is 0 Å². The van der Waals surface area contributed by atoms with Crippen molar-refractivity contribution in [2.45, 2.75) is 6.92 Å². The van der Waals surface area contributed by atoms with Crippen molar-refractivity contribution in [1.82, 2.24) is 0 Å². The smallest absolute Gasteiger partial charge is 0.150 e. The number of hydrogen-bond acceptors (Lipinski definition) is 2. The van der Waals surface area contributed by atoms with E-state index in [4.69, 9.17) is 0 Å². The number of aryl methyl sites for hydroxylation is 1. The summed E-state index contributed by atoms with van der Waals surface area (Å²) < 4.78 is 2.42. The third-order valence-electron chi connectivity index (χ3n) is 1.91. The van der Waals surface area contributed by atoms with Crippen molar-refractivity contribution in [2.24, 2.45) is 0 Å². The molecule has 13 heavy (non-hydrogen) atoms. The third kappa shape index (κ3) is 1.62. The number of benzene rings is 1. The largest absolute Gasteiger partial charge is 0.298 e. The zero-order valence-corrected chi connectivity index (χ0v) is 9.98. The van der Waals surface area contributed by atoms with E-state index in [0.717, 1.165) is 22.8 Å². The molecular weight excluding hydrogens is 295 g/mol. The molecule has 3 heteroatoms. The van der Waals surface area contributed by atoms with Crippen LogP contribution in [-0.4, -0.2) is 6.29 Å². The van der Waals surface area contributed by atoms with E-state index < -0.39 is 0 Å². The van der Waals surface area contributed by atoms with Gasteiger partial charge < -0.3 is 0 Å². The van der Waals surface area contributed by atoms with Crippen LogP contribution < -0.4 is 0 Å². The lowest BCUT2D eigenvalue weighted by Crippen LogP contribution is -1.81. The molecule has 2 aromatic rings. The summed E-state index contributed by atoms with van der Waals surface area (Å²) in [5, 5.41) is 1.08. The molecule has 0 spiro atoms. The van der Waals surface area contributed by atoms with Gasteiger partial charge in [-0.05, 0) is 53.3 Å². The number of halogens is 1. The molecule has 1 heterocycles. The molecule has 0 fully saturated rings. The molecule has 0 amide bonds. The Kier molecular flexibility index (Phi) is 2.38. The molecule has 0 radical (unpaired) electrons. The van der Waals surface area contributed by atoms with E-state index in [-0.39, 0.29) is 0 Å². The third-order valence-corrected chi connectivity index (χ3v) is 3.75. The van der Waals surface area contributed by atoms with Gasteiger partial charge in [-0.3, -0.25) is 4.79 Å². The monoisotopic (exact) mass is 302 g/mol. The molecule has 0 atom stereocenters. The van der Waals surface area contributed by atoms with Gasteiger partial charge in [-0.25, -0.2) is 0 Å². The number of carbonyl (C=O) groups is 1. The number of rotatable bonds is 1. The summed E-state index contributed by atoms with van der Waals surface area (Å²) in [7, 11) is 0. The number of hydrogen-bond donors (Lipinski definition) is 0. The predicted octanol–water partition coefficient (Wildman–Crippen LogP) is 3.63. The van der Waals surface area contributed by atoms with E-state index in [1.807, 2.05) is 13.0 Å². The zero-order valence-electron chi connectivity index (χ0n) is 7.00. The quantitative estimate of drug-likeness (QED) is 0.581. The van der Waals surface area contributed by atoms with Gasteiger partial charge >= 0.3 is 0 Å². The maximum Gasteiger partial charge on any atom is 0.150 e. The highest BCUT2D eigenvalue weighted by molar-refractivity contribution is 14.1. The molecular formula is C10H7IOS. The van der Waals surface area contributed by atoms with Crippen LogP contribution in [0.5, 0.6) is 0 Å². The highest BCUT2D eigenvalue weighted by Crippen LogP contribution is 2.29. The standard InChI is InChI=1S/C10H7IOS/c1-6-2-7(5-12)8-4-10(11)13-9(8)3-6/h2-5H,1H3. The molecule has 0 aliphatic rings. The summed E-state index contributed by atoms with van der Waals surface area (Å²) >= 11 is 4.00. The van der Waals surface area contributed by atoms with Crippen LogP contribution in [0.4, 0.5) is 0 Å². The van der Waals surface area contributed by atoms with Crippen LogP contribution in [0, 0.1) is 9.81 Å².